The first-order valence-electron chi connectivity index (χ1n) is 24.3. The fraction of sp³-hybridized carbons (Fsp3) is 0.860. The summed E-state index contributed by atoms with van der Waals surface area (Å²) in [6, 6.07) is 0. The zero-order valence-corrected chi connectivity index (χ0v) is 37.4. The van der Waals surface area contributed by atoms with Crippen LogP contribution in [0.5, 0.6) is 0 Å². The Morgan fingerprint density at radius 1 is 0.339 bits per heavy atom. The summed E-state index contributed by atoms with van der Waals surface area (Å²) in [7, 11) is 0. The second-order valence-electron chi connectivity index (χ2n) is 16.4. The lowest BCUT2D eigenvalue weighted by molar-refractivity contribution is -0.167. The first-order valence-corrected chi connectivity index (χ1v) is 24.3. The number of hydrogen-bond donors (Lipinski definition) is 0. The molecule has 0 saturated carbocycles. The minimum atomic E-state index is -0.772. The van der Waals surface area contributed by atoms with E-state index in [1.165, 1.54) is 148 Å². The topological polar surface area (TPSA) is 78.9 Å². The van der Waals surface area contributed by atoms with Gasteiger partial charge in [-0.05, 0) is 70.6 Å². The summed E-state index contributed by atoms with van der Waals surface area (Å²) in [6.07, 6.45) is 50.1. The molecule has 0 fully saturated rings. The minimum absolute atomic E-state index is 0.0740. The molecule has 0 amide bonds. The van der Waals surface area contributed by atoms with E-state index in [1.54, 1.807) is 0 Å². The normalized spacial score (nSPS) is 12.1. The first-order chi connectivity index (χ1) is 27.5. The van der Waals surface area contributed by atoms with Gasteiger partial charge in [0.25, 0.3) is 0 Å². The predicted molar refractivity (Wildman–Crippen MR) is 238 cm³/mol. The average molecular weight is 789 g/mol. The van der Waals surface area contributed by atoms with Crippen molar-refractivity contribution in [2.75, 3.05) is 13.2 Å². The highest BCUT2D eigenvalue weighted by atomic mass is 16.6. The maximum absolute atomic E-state index is 12.7. The quantitative estimate of drug-likeness (QED) is 0.0265. The van der Waals surface area contributed by atoms with Crippen molar-refractivity contribution < 1.29 is 28.6 Å². The molecule has 0 aliphatic carbocycles. The molecular formula is C50H92O6. The Morgan fingerprint density at radius 2 is 0.589 bits per heavy atom. The third-order valence-corrected chi connectivity index (χ3v) is 10.7. The second kappa shape index (κ2) is 45.6. The van der Waals surface area contributed by atoms with Crippen molar-refractivity contribution in [2.24, 2.45) is 0 Å². The number of unbranched alkanes of at least 4 members (excludes halogenated alkanes) is 29. The summed E-state index contributed by atoms with van der Waals surface area (Å²) in [4.78, 5) is 37.8. The summed E-state index contributed by atoms with van der Waals surface area (Å²) in [5.74, 6) is -0.885. The van der Waals surface area contributed by atoms with Gasteiger partial charge in [0, 0.05) is 19.3 Å². The molecule has 0 N–H and O–H groups in total. The SMILES string of the molecule is CCCCC/C=C\CCCCCCCC(=O)O[C@@H](COC(=O)CCCCCCC/C=C\CCCCCCC)COC(=O)CCCCCCCCCCCCCC. The number of allylic oxidation sites excluding steroid dienone is 4. The number of carbonyl (C=O) groups excluding carboxylic acids is 3. The fourth-order valence-electron chi connectivity index (χ4n) is 6.96. The monoisotopic (exact) mass is 789 g/mol. The van der Waals surface area contributed by atoms with E-state index in [1.807, 2.05) is 0 Å². The van der Waals surface area contributed by atoms with E-state index in [2.05, 4.69) is 45.1 Å². The van der Waals surface area contributed by atoms with Gasteiger partial charge in [0.1, 0.15) is 13.2 Å². The number of carbonyl (C=O) groups is 3. The van der Waals surface area contributed by atoms with Gasteiger partial charge in [-0.2, -0.15) is 0 Å². The van der Waals surface area contributed by atoms with Crippen molar-refractivity contribution in [3.63, 3.8) is 0 Å². The molecule has 0 aromatic carbocycles. The van der Waals surface area contributed by atoms with Crippen molar-refractivity contribution in [1.82, 2.24) is 0 Å². The molecule has 328 valence electrons. The number of ether oxygens (including phenoxy) is 3. The van der Waals surface area contributed by atoms with Crippen LogP contribution in [0.4, 0.5) is 0 Å². The lowest BCUT2D eigenvalue weighted by Gasteiger charge is -2.18. The molecule has 0 saturated heterocycles. The molecule has 0 spiro atoms. The average Bonchev–Trinajstić information content (AvgIpc) is 3.19. The molecule has 6 nitrogen and oxygen atoms in total. The maximum atomic E-state index is 12.7. The molecule has 0 radical (unpaired) electrons. The molecule has 0 aromatic rings. The van der Waals surface area contributed by atoms with Gasteiger partial charge in [0.2, 0.25) is 0 Å². The van der Waals surface area contributed by atoms with E-state index in [0.29, 0.717) is 19.3 Å². The van der Waals surface area contributed by atoms with Crippen LogP contribution in [0.2, 0.25) is 0 Å². The lowest BCUT2D eigenvalue weighted by atomic mass is 10.0. The Bertz CT molecular complexity index is 911. The summed E-state index contributed by atoms with van der Waals surface area (Å²) >= 11 is 0. The summed E-state index contributed by atoms with van der Waals surface area (Å²) < 4.78 is 16.7. The maximum Gasteiger partial charge on any atom is 0.306 e. The van der Waals surface area contributed by atoms with Gasteiger partial charge in [0.15, 0.2) is 6.10 Å². The van der Waals surface area contributed by atoms with Crippen LogP contribution in [0, 0.1) is 0 Å². The molecule has 0 unspecified atom stereocenters. The second-order valence-corrected chi connectivity index (χ2v) is 16.4. The van der Waals surface area contributed by atoms with Crippen LogP contribution in [0.3, 0.4) is 0 Å². The zero-order valence-electron chi connectivity index (χ0n) is 37.4. The molecule has 56 heavy (non-hydrogen) atoms. The number of hydrogen-bond acceptors (Lipinski definition) is 6. The van der Waals surface area contributed by atoms with Crippen molar-refractivity contribution in [3.8, 4) is 0 Å². The summed E-state index contributed by atoms with van der Waals surface area (Å²) in [5.41, 5.74) is 0. The van der Waals surface area contributed by atoms with E-state index >= 15 is 0 Å². The highest BCUT2D eigenvalue weighted by molar-refractivity contribution is 5.71. The highest BCUT2D eigenvalue weighted by Gasteiger charge is 2.19. The predicted octanol–water partition coefficient (Wildman–Crippen LogP) is 15.6. The van der Waals surface area contributed by atoms with Crippen molar-refractivity contribution in [1.29, 1.82) is 0 Å². The van der Waals surface area contributed by atoms with Crippen LogP contribution in [0.15, 0.2) is 24.3 Å². The van der Waals surface area contributed by atoms with Crippen LogP contribution >= 0.6 is 0 Å². The van der Waals surface area contributed by atoms with E-state index in [0.717, 1.165) is 70.6 Å². The molecule has 1 atom stereocenters. The van der Waals surface area contributed by atoms with Crippen LogP contribution in [-0.4, -0.2) is 37.2 Å². The Kier molecular flexibility index (Phi) is 43.9. The Morgan fingerprint density at radius 3 is 0.929 bits per heavy atom. The zero-order chi connectivity index (χ0) is 40.8. The van der Waals surface area contributed by atoms with Crippen molar-refractivity contribution in [2.45, 2.75) is 264 Å². The van der Waals surface area contributed by atoms with E-state index in [-0.39, 0.29) is 31.1 Å². The molecule has 0 rings (SSSR count). The Labute approximate surface area is 347 Å². The third kappa shape index (κ3) is 43.0. The molecule has 0 aromatic heterocycles. The Hall–Kier alpha value is -2.11. The molecule has 6 heteroatoms. The highest BCUT2D eigenvalue weighted by Crippen LogP contribution is 2.15. The summed E-state index contributed by atoms with van der Waals surface area (Å²) in [6.45, 7) is 6.60. The van der Waals surface area contributed by atoms with Gasteiger partial charge < -0.3 is 14.2 Å². The smallest absolute Gasteiger partial charge is 0.306 e. The molecular weight excluding hydrogens is 697 g/mol. The van der Waals surface area contributed by atoms with E-state index < -0.39 is 6.10 Å². The molecule has 0 aliphatic heterocycles. The molecule has 0 aliphatic rings. The largest absolute Gasteiger partial charge is 0.462 e. The van der Waals surface area contributed by atoms with Crippen molar-refractivity contribution in [3.05, 3.63) is 24.3 Å². The molecule has 0 heterocycles. The van der Waals surface area contributed by atoms with Crippen molar-refractivity contribution >= 4 is 17.9 Å². The Balaban J connectivity index is 4.37. The van der Waals surface area contributed by atoms with Gasteiger partial charge in [-0.15, -0.1) is 0 Å². The number of esters is 3. The van der Waals surface area contributed by atoms with Gasteiger partial charge in [0.05, 0.1) is 0 Å². The van der Waals surface area contributed by atoms with Gasteiger partial charge >= 0.3 is 17.9 Å². The molecule has 0 bridgehead atoms. The van der Waals surface area contributed by atoms with E-state index in [9.17, 15) is 14.4 Å². The first kappa shape index (κ1) is 53.9. The van der Waals surface area contributed by atoms with Crippen LogP contribution in [0.1, 0.15) is 258 Å². The van der Waals surface area contributed by atoms with Gasteiger partial charge in [-0.1, -0.05) is 193 Å². The fourth-order valence-corrected chi connectivity index (χ4v) is 6.96. The van der Waals surface area contributed by atoms with Gasteiger partial charge in [-0.25, -0.2) is 0 Å². The minimum Gasteiger partial charge on any atom is -0.462 e. The summed E-state index contributed by atoms with van der Waals surface area (Å²) in [5, 5.41) is 0. The standard InChI is InChI=1S/C50H92O6/c1-4-7-10-13-16-19-22-25-26-29-31-34-37-40-43-49(52)55-46-47(56-50(53)44-41-38-35-32-28-24-21-18-15-12-9-6-3)45-54-48(51)42-39-36-33-30-27-23-20-17-14-11-8-5-2/h18,21-22,25,47H,4-17,19-20,23-24,26-46H2,1-3H3/b21-18-,25-22-/t47-/m1/s1. The third-order valence-electron chi connectivity index (χ3n) is 10.7. The number of rotatable bonds is 44. The van der Waals surface area contributed by atoms with Crippen LogP contribution in [-0.2, 0) is 28.6 Å². The van der Waals surface area contributed by atoms with E-state index in [4.69, 9.17) is 14.2 Å². The lowest BCUT2D eigenvalue weighted by Crippen LogP contribution is -2.30. The van der Waals surface area contributed by atoms with Gasteiger partial charge in [-0.3, -0.25) is 14.4 Å². The van der Waals surface area contributed by atoms with Crippen LogP contribution < -0.4 is 0 Å². The van der Waals surface area contributed by atoms with Crippen LogP contribution in [0.25, 0.3) is 0 Å².